The molecular formula is C55H36O2. The molecule has 57 heavy (non-hydrogen) atoms. The van der Waals surface area contributed by atoms with E-state index in [4.69, 9.17) is 8.83 Å². The van der Waals surface area contributed by atoms with Crippen molar-refractivity contribution in [3.05, 3.63) is 181 Å². The fourth-order valence-electron chi connectivity index (χ4n) is 11.0. The highest BCUT2D eigenvalue weighted by atomic mass is 16.3. The lowest BCUT2D eigenvalue weighted by molar-refractivity contribution is 0.551. The second-order valence-corrected chi connectivity index (χ2v) is 16.2. The maximum atomic E-state index is 6.29. The third kappa shape index (κ3) is 4.30. The Bertz CT molecular complexity index is 3310. The Labute approximate surface area is 329 Å². The van der Waals surface area contributed by atoms with Crippen molar-refractivity contribution in [1.29, 1.82) is 0 Å². The van der Waals surface area contributed by atoms with Crippen molar-refractivity contribution >= 4 is 65.4 Å². The first kappa shape index (κ1) is 31.3. The molecule has 1 saturated carbocycles. The molecule has 2 heteroatoms. The number of furan rings is 2. The van der Waals surface area contributed by atoms with Gasteiger partial charge in [0.1, 0.15) is 22.3 Å². The van der Waals surface area contributed by atoms with Gasteiger partial charge in [0, 0.05) is 27.0 Å². The van der Waals surface area contributed by atoms with E-state index in [9.17, 15) is 0 Å². The van der Waals surface area contributed by atoms with Crippen LogP contribution in [0.25, 0.3) is 110 Å². The monoisotopic (exact) mass is 728 g/mol. The molecule has 2 aliphatic rings. The van der Waals surface area contributed by atoms with Crippen molar-refractivity contribution in [2.45, 2.75) is 31.1 Å². The predicted octanol–water partition coefficient (Wildman–Crippen LogP) is 15.6. The summed E-state index contributed by atoms with van der Waals surface area (Å²) in [7, 11) is 0. The van der Waals surface area contributed by atoms with Gasteiger partial charge in [-0.3, -0.25) is 0 Å². The van der Waals surface area contributed by atoms with Crippen LogP contribution in [-0.4, -0.2) is 0 Å². The van der Waals surface area contributed by atoms with Crippen LogP contribution in [-0.2, 0) is 5.41 Å². The van der Waals surface area contributed by atoms with Crippen LogP contribution >= 0.6 is 0 Å². The number of rotatable bonds is 3. The molecular weight excluding hydrogens is 693 g/mol. The van der Waals surface area contributed by atoms with Gasteiger partial charge in [0.2, 0.25) is 0 Å². The van der Waals surface area contributed by atoms with Gasteiger partial charge in [0.05, 0.1) is 0 Å². The molecule has 0 aliphatic heterocycles. The van der Waals surface area contributed by atoms with Gasteiger partial charge in [-0.25, -0.2) is 0 Å². The van der Waals surface area contributed by atoms with E-state index in [0.29, 0.717) is 0 Å². The fraction of sp³-hybridized carbons (Fsp3) is 0.0909. The Kier molecular flexibility index (Phi) is 6.36. The van der Waals surface area contributed by atoms with Gasteiger partial charge in [-0.2, -0.15) is 0 Å². The van der Waals surface area contributed by atoms with E-state index in [0.717, 1.165) is 43.9 Å². The summed E-state index contributed by atoms with van der Waals surface area (Å²) < 4.78 is 12.6. The highest BCUT2D eigenvalue weighted by molar-refractivity contribution is 6.20. The molecule has 0 N–H and O–H groups in total. The minimum absolute atomic E-state index is 0.0208. The lowest BCUT2D eigenvalue weighted by Gasteiger charge is -2.30. The SMILES string of the molecule is c1ccc2c(c1)-c1cccc(-c3c4cccc(-c5ccc6oc7ccccc7c6c5)c4cc4c(-c5ccc6oc7ccccc7c6c5)cccc34)c1C21CCCC1. The summed E-state index contributed by atoms with van der Waals surface area (Å²) in [5, 5.41) is 9.64. The summed E-state index contributed by atoms with van der Waals surface area (Å²) in [6, 6.07) is 62.8. The zero-order valence-electron chi connectivity index (χ0n) is 31.3. The molecule has 0 amide bonds. The normalized spacial score (nSPS) is 14.5. The fourth-order valence-corrected chi connectivity index (χ4v) is 11.0. The Morgan fingerprint density at radius 2 is 0.807 bits per heavy atom. The molecule has 0 atom stereocenters. The largest absolute Gasteiger partial charge is 0.456 e. The van der Waals surface area contributed by atoms with Crippen LogP contribution in [0.4, 0.5) is 0 Å². The number of hydrogen-bond donors (Lipinski definition) is 0. The van der Waals surface area contributed by atoms with E-state index >= 15 is 0 Å². The third-order valence-electron chi connectivity index (χ3n) is 13.4. The summed E-state index contributed by atoms with van der Waals surface area (Å²) >= 11 is 0. The molecule has 2 aliphatic carbocycles. The van der Waals surface area contributed by atoms with Crippen LogP contribution in [0.5, 0.6) is 0 Å². The summed E-state index contributed by atoms with van der Waals surface area (Å²) in [6.45, 7) is 0. The molecule has 0 saturated heterocycles. The topological polar surface area (TPSA) is 26.3 Å². The van der Waals surface area contributed by atoms with Gasteiger partial charge in [-0.05, 0) is 132 Å². The standard InChI is InChI=1S/C55H36O2/c1-4-21-48-37(12-1)42-19-11-20-43(54(42)55(48)28-7-8-29-55)53-40-17-9-15-35(33-24-26-51-46(30-33)38-13-2-5-22-49(38)56-51)44(40)32-45-36(16-10-18-41(45)53)34-25-27-52-47(31-34)39-14-3-6-23-50(39)57-52/h1-6,9-27,30-32H,7-8,28-29H2. The molecule has 268 valence electrons. The average Bonchev–Trinajstić information content (AvgIpc) is 4.05. The zero-order valence-corrected chi connectivity index (χ0v) is 31.3. The smallest absolute Gasteiger partial charge is 0.135 e. The summed E-state index contributed by atoms with van der Waals surface area (Å²) in [4.78, 5) is 0. The molecule has 0 radical (unpaired) electrons. The quantitative estimate of drug-likeness (QED) is 0.169. The third-order valence-corrected chi connectivity index (χ3v) is 13.4. The van der Waals surface area contributed by atoms with Gasteiger partial charge in [-0.1, -0.05) is 140 Å². The Balaban J connectivity index is 1.14. The van der Waals surface area contributed by atoms with Gasteiger partial charge >= 0.3 is 0 Å². The number of para-hydroxylation sites is 2. The van der Waals surface area contributed by atoms with Crippen molar-refractivity contribution in [2.75, 3.05) is 0 Å². The van der Waals surface area contributed by atoms with Gasteiger partial charge in [-0.15, -0.1) is 0 Å². The van der Waals surface area contributed by atoms with E-state index < -0.39 is 0 Å². The molecule has 0 unspecified atom stereocenters. The van der Waals surface area contributed by atoms with Gasteiger partial charge in [0.15, 0.2) is 0 Å². The molecule has 13 rings (SSSR count). The lowest BCUT2D eigenvalue weighted by Crippen LogP contribution is -2.21. The van der Waals surface area contributed by atoms with E-state index in [-0.39, 0.29) is 5.41 Å². The van der Waals surface area contributed by atoms with E-state index in [1.807, 2.05) is 12.1 Å². The van der Waals surface area contributed by atoms with E-state index in [2.05, 4.69) is 158 Å². The molecule has 1 fully saturated rings. The zero-order chi connectivity index (χ0) is 37.2. The summed E-state index contributed by atoms with van der Waals surface area (Å²) in [5.74, 6) is 0. The molecule has 2 heterocycles. The molecule has 11 aromatic rings. The molecule has 0 bridgehead atoms. The van der Waals surface area contributed by atoms with Crippen molar-refractivity contribution in [1.82, 2.24) is 0 Å². The second-order valence-electron chi connectivity index (χ2n) is 16.2. The molecule has 1 spiro atoms. The van der Waals surface area contributed by atoms with E-state index in [1.54, 1.807) is 0 Å². The van der Waals surface area contributed by atoms with Crippen molar-refractivity contribution < 1.29 is 8.83 Å². The van der Waals surface area contributed by atoms with Crippen molar-refractivity contribution in [3.8, 4) is 44.5 Å². The van der Waals surface area contributed by atoms with Crippen LogP contribution in [0.2, 0.25) is 0 Å². The van der Waals surface area contributed by atoms with Crippen LogP contribution in [0.1, 0.15) is 36.8 Å². The van der Waals surface area contributed by atoms with Crippen molar-refractivity contribution in [2.24, 2.45) is 0 Å². The van der Waals surface area contributed by atoms with E-state index in [1.165, 1.54) is 103 Å². The number of fused-ring (bicyclic) bond motifs is 13. The highest BCUT2D eigenvalue weighted by Gasteiger charge is 2.46. The maximum absolute atomic E-state index is 6.29. The van der Waals surface area contributed by atoms with Gasteiger partial charge in [0.25, 0.3) is 0 Å². The van der Waals surface area contributed by atoms with Crippen LogP contribution in [0, 0.1) is 0 Å². The second kappa shape index (κ2) is 11.6. The van der Waals surface area contributed by atoms with Crippen LogP contribution < -0.4 is 0 Å². The first-order valence-corrected chi connectivity index (χ1v) is 20.3. The lowest BCUT2D eigenvalue weighted by atomic mass is 9.73. The summed E-state index contributed by atoms with van der Waals surface area (Å²) in [6.07, 6.45) is 4.88. The highest BCUT2D eigenvalue weighted by Crippen LogP contribution is 2.60. The molecule has 2 aromatic heterocycles. The minimum atomic E-state index is 0.0208. The summed E-state index contributed by atoms with van der Waals surface area (Å²) in [5.41, 5.74) is 17.0. The number of benzene rings is 9. The molecule has 2 nitrogen and oxygen atoms in total. The van der Waals surface area contributed by atoms with Gasteiger partial charge < -0.3 is 8.83 Å². The van der Waals surface area contributed by atoms with Crippen molar-refractivity contribution in [3.63, 3.8) is 0 Å². The Hall–Kier alpha value is -6.90. The Morgan fingerprint density at radius 1 is 0.333 bits per heavy atom. The first-order chi connectivity index (χ1) is 28.2. The predicted molar refractivity (Wildman–Crippen MR) is 237 cm³/mol. The van der Waals surface area contributed by atoms with Crippen LogP contribution in [0.15, 0.2) is 179 Å². The van der Waals surface area contributed by atoms with Crippen LogP contribution in [0.3, 0.4) is 0 Å². The first-order valence-electron chi connectivity index (χ1n) is 20.3. The Morgan fingerprint density at radius 3 is 1.44 bits per heavy atom. The molecule has 9 aromatic carbocycles. The number of hydrogen-bond acceptors (Lipinski definition) is 2. The maximum Gasteiger partial charge on any atom is 0.135 e. The minimum Gasteiger partial charge on any atom is -0.456 e. The average molecular weight is 729 g/mol.